The lowest BCUT2D eigenvalue weighted by Gasteiger charge is -2.15. The smallest absolute Gasteiger partial charge is 0.256 e. The van der Waals surface area contributed by atoms with E-state index in [1.165, 1.54) is 6.42 Å². The SMILES string of the molecule is O=C(Nc1ccc2c(n1)CC=C2c1ccc2c(c1)CCCCCCNC2=O)c1ccncc1.[HH].[HH]. The first kappa shape index (κ1) is 21.1. The third kappa shape index (κ3) is 4.55. The van der Waals surface area contributed by atoms with Crippen molar-refractivity contribution in [3.63, 3.8) is 0 Å². The molecule has 0 saturated heterocycles. The third-order valence-corrected chi connectivity index (χ3v) is 6.27. The number of rotatable bonds is 3. The van der Waals surface area contributed by atoms with Crippen LogP contribution in [0.2, 0.25) is 0 Å². The van der Waals surface area contributed by atoms with Gasteiger partial charge in [0.15, 0.2) is 0 Å². The monoisotopic (exact) mass is 442 g/mol. The van der Waals surface area contributed by atoms with Gasteiger partial charge in [-0.15, -0.1) is 0 Å². The summed E-state index contributed by atoms with van der Waals surface area (Å²) < 4.78 is 0. The number of hydrogen-bond acceptors (Lipinski definition) is 4. The van der Waals surface area contributed by atoms with Crippen LogP contribution in [-0.2, 0) is 12.8 Å². The van der Waals surface area contributed by atoms with Crippen molar-refractivity contribution in [3.05, 3.63) is 94.4 Å². The van der Waals surface area contributed by atoms with Gasteiger partial charge in [0, 0.05) is 44.9 Å². The molecule has 2 aromatic heterocycles. The molecule has 0 bridgehead atoms. The Kier molecular flexibility index (Phi) is 5.98. The minimum Gasteiger partial charge on any atom is -0.352 e. The third-order valence-electron chi connectivity index (χ3n) is 6.27. The summed E-state index contributed by atoms with van der Waals surface area (Å²) in [5, 5.41) is 5.91. The number of aromatic nitrogens is 2. The molecule has 0 fully saturated rings. The van der Waals surface area contributed by atoms with Gasteiger partial charge in [0.05, 0.1) is 5.69 Å². The average Bonchev–Trinajstić information content (AvgIpc) is 3.27. The molecule has 0 spiro atoms. The van der Waals surface area contributed by atoms with E-state index in [1.54, 1.807) is 24.5 Å². The van der Waals surface area contributed by atoms with Crippen LogP contribution in [0, 0.1) is 0 Å². The Labute approximate surface area is 196 Å². The number of anilines is 1. The minimum atomic E-state index is -0.206. The van der Waals surface area contributed by atoms with Gasteiger partial charge in [0.1, 0.15) is 5.82 Å². The van der Waals surface area contributed by atoms with E-state index in [-0.39, 0.29) is 14.7 Å². The second kappa shape index (κ2) is 9.36. The number of benzene rings is 1. The molecule has 33 heavy (non-hydrogen) atoms. The number of aryl methyl sites for hydroxylation is 1. The molecule has 1 aliphatic carbocycles. The summed E-state index contributed by atoms with van der Waals surface area (Å²) in [7, 11) is 0. The molecule has 5 rings (SSSR count). The van der Waals surface area contributed by atoms with Crippen molar-refractivity contribution in [2.24, 2.45) is 0 Å². The predicted molar refractivity (Wildman–Crippen MR) is 132 cm³/mol. The molecule has 0 atom stereocenters. The number of carbonyl (C=O) groups is 2. The number of amides is 2. The fourth-order valence-corrected chi connectivity index (χ4v) is 4.53. The zero-order valence-corrected chi connectivity index (χ0v) is 18.4. The Balaban J connectivity index is 0.00000171. The fraction of sp³-hybridized carbons (Fsp3) is 0.259. The largest absolute Gasteiger partial charge is 0.352 e. The van der Waals surface area contributed by atoms with E-state index in [4.69, 9.17) is 0 Å². The summed E-state index contributed by atoms with van der Waals surface area (Å²) in [4.78, 5) is 33.7. The number of carbonyl (C=O) groups excluding carboxylic acids is 2. The summed E-state index contributed by atoms with van der Waals surface area (Å²) in [6, 6.07) is 13.4. The van der Waals surface area contributed by atoms with Gasteiger partial charge in [-0.05, 0) is 66.3 Å². The summed E-state index contributed by atoms with van der Waals surface area (Å²) in [5.41, 5.74) is 6.68. The van der Waals surface area contributed by atoms with Crippen molar-refractivity contribution in [1.29, 1.82) is 0 Å². The quantitative estimate of drug-likeness (QED) is 0.594. The summed E-state index contributed by atoms with van der Waals surface area (Å²) in [6.07, 6.45) is 11.5. The Bertz CT molecular complexity index is 1250. The van der Waals surface area contributed by atoms with Crippen LogP contribution in [0.3, 0.4) is 0 Å². The van der Waals surface area contributed by atoms with Gasteiger partial charge in [-0.3, -0.25) is 14.6 Å². The van der Waals surface area contributed by atoms with Crippen LogP contribution in [-0.4, -0.2) is 28.3 Å². The maximum atomic E-state index is 12.6. The van der Waals surface area contributed by atoms with Crippen molar-refractivity contribution in [2.75, 3.05) is 11.9 Å². The molecular weight excluding hydrogens is 412 g/mol. The molecule has 0 unspecified atom stereocenters. The molecule has 3 aromatic rings. The van der Waals surface area contributed by atoms with Gasteiger partial charge in [-0.25, -0.2) is 4.98 Å². The lowest BCUT2D eigenvalue weighted by atomic mass is 9.93. The number of hydrogen-bond donors (Lipinski definition) is 2. The van der Waals surface area contributed by atoms with Crippen LogP contribution < -0.4 is 10.6 Å². The van der Waals surface area contributed by atoms with Gasteiger partial charge in [-0.1, -0.05) is 31.1 Å². The Morgan fingerprint density at radius 2 is 1.79 bits per heavy atom. The number of nitrogens with one attached hydrogen (secondary N) is 2. The van der Waals surface area contributed by atoms with E-state index < -0.39 is 0 Å². The van der Waals surface area contributed by atoms with E-state index in [9.17, 15) is 9.59 Å². The predicted octanol–water partition coefficient (Wildman–Crippen LogP) is 5.06. The first-order valence-corrected chi connectivity index (χ1v) is 11.5. The zero-order valence-electron chi connectivity index (χ0n) is 18.4. The highest BCUT2D eigenvalue weighted by Crippen LogP contribution is 2.34. The first-order valence-electron chi connectivity index (χ1n) is 11.5. The first-order chi connectivity index (χ1) is 16.2. The second-order valence-electron chi connectivity index (χ2n) is 8.49. The normalized spacial score (nSPS) is 15.6. The molecule has 2 aliphatic rings. The van der Waals surface area contributed by atoms with E-state index in [0.29, 0.717) is 17.8 Å². The molecule has 6 heteroatoms. The summed E-state index contributed by atoms with van der Waals surface area (Å²) in [6.45, 7) is 0.740. The number of nitrogens with zero attached hydrogens (tertiary/aromatic N) is 2. The maximum absolute atomic E-state index is 12.6. The van der Waals surface area contributed by atoms with E-state index in [0.717, 1.165) is 65.7 Å². The molecule has 170 valence electrons. The number of pyridine rings is 2. The van der Waals surface area contributed by atoms with E-state index in [2.05, 4.69) is 32.7 Å². The Morgan fingerprint density at radius 3 is 2.67 bits per heavy atom. The van der Waals surface area contributed by atoms with Crippen molar-refractivity contribution < 1.29 is 12.4 Å². The van der Waals surface area contributed by atoms with Crippen LogP contribution in [0.4, 0.5) is 5.82 Å². The van der Waals surface area contributed by atoms with Crippen molar-refractivity contribution in [2.45, 2.75) is 38.5 Å². The van der Waals surface area contributed by atoms with Gasteiger partial charge in [-0.2, -0.15) is 0 Å². The zero-order chi connectivity index (χ0) is 22.6. The van der Waals surface area contributed by atoms with Gasteiger partial charge >= 0.3 is 0 Å². The fourth-order valence-electron chi connectivity index (χ4n) is 4.53. The van der Waals surface area contributed by atoms with Crippen molar-refractivity contribution >= 4 is 23.2 Å². The molecule has 0 saturated carbocycles. The van der Waals surface area contributed by atoms with Gasteiger partial charge < -0.3 is 10.6 Å². The molecule has 1 aromatic carbocycles. The van der Waals surface area contributed by atoms with Crippen molar-refractivity contribution in [1.82, 2.24) is 15.3 Å². The van der Waals surface area contributed by atoms with Crippen LogP contribution in [0.15, 0.2) is 60.9 Å². The Hall–Kier alpha value is -3.80. The molecular formula is C27H30N4O2. The molecule has 6 nitrogen and oxygen atoms in total. The molecule has 3 heterocycles. The highest BCUT2D eigenvalue weighted by atomic mass is 16.2. The molecule has 2 N–H and O–H groups in total. The van der Waals surface area contributed by atoms with Gasteiger partial charge in [0.2, 0.25) is 0 Å². The van der Waals surface area contributed by atoms with Gasteiger partial charge in [0.25, 0.3) is 11.8 Å². The highest BCUT2D eigenvalue weighted by Gasteiger charge is 2.20. The van der Waals surface area contributed by atoms with Crippen molar-refractivity contribution in [3.8, 4) is 0 Å². The lowest BCUT2D eigenvalue weighted by Crippen LogP contribution is -2.26. The van der Waals surface area contributed by atoms with Crippen LogP contribution in [0.1, 0.15) is 71.6 Å². The van der Waals surface area contributed by atoms with Crippen LogP contribution >= 0.6 is 0 Å². The molecule has 2 amide bonds. The summed E-state index contributed by atoms with van der Waals surface area (Å²) in [5.74, 6) is 0.352. The topological polar surface area (TPSA) is 84.0 Å². The lowest BCUT2D eigenvalue weighted by molar-refractivity contribution is 0.0950. The molecule has 0 radical (unpaired) electrons. The number of fused-ring (bicyclic) bond motifs is 2. The van der Waals surface area contributed by atoms with E-state index >= 15 is 0 Å². The Morgan fingerprint density at radius 1 is 0.970 bits per heavy atom. The second-order valence-corrected chi connectivity index (χ2v) is 8.49. The molecule has 1 aliphatic heterocycles. The standard InChI is InChI=1S/C27H26N4O2.2H2/c32-26(18-12-15-28-16-13-18)31-25-11-9-23-21(8-10-24(23)30-25)20-6-7-22-19(17-20)5-3-1-2-4-14-29-27(22)33;;/h6-9,11-13,15-17H,1-5,10,14H2,(H,29,33)(H,30,31,32);2*1H. The number of allylic oxidation sites excluding steroid dienone is 1. The minimum absolute atomic E-state index is 0. The average molecular weight is 443 g/mol. The van der Waals surface area contributed by atoms with Crippen LogP contribution in [0.5, 0.6) is 0 Å². The van der Waals surface area contributed by atoms with Crippen LogP contribution in [0.25, 0.3) is 5.57 Å². The van der Waals surface area contributed by atoms with E-state index in [1.807, 2.05) is 24.3 Å². The maximum Gasteiger partial charge on any atom is 0.256 e. The highest BCUT2D eigenvalue weighted by molar-refractivity contribution is 6.03. The summed E-state index contributed by atoms with van der Waals surface area (Å²) >= 11 is 0.